The van der Waals surface area contributed by atoms with Crippen LogP contribution in [0.1, 0.15) is 5.56 Å². The van der Waals surface area contributed by atoms with Crippen LogP contribution < -0.4 is 20.5 Å². The predicted octanol–water partition coefficient (Wildman–Crippen LogP) is 1.61. The topological polar surface area (TPSA) is 90.6 Å². The Morgan fingerprint density at radius 2 is 1.84 bits per heavy atom. The molecule has 1 aliphatic heterocycles. The highest BCUT2D eigenvalue weighted by molar-refractivity contribution is 8.18. The third kappa shape index (κ3) is 2.65. The highest BCUT2D eigenvalue weighted by atomic mass is 32.2. The minimum atomic E-state index is -0.427. The molecule has 1 aliphatic rings. The molecule has 6 nitrogen and oxygen atoms in total. The zero-order valence-corrected chi connectivity index (χ0v) is 11.2. The van der Waals surface area contributed by atoms with E-state index in [9.17, 15) is 9.59 Å². The summed E-state index contributed by atoms with van der Waals surface area (Å²) in [6.07, 6.45) is 1.54. The van der Waals surface area contributed by atoms with E-state index in [-0.39, 0.29) is 0 Å². The summed E-state index contributed by atoms with van der Waals surface area (Å²) in [5.74, 6) is 0.573. The van der Waals surface area contributed by atoms with Crippen LogP contribution in [0.5, 0.6) is 11.5 Å². The van der Waals surface area contributed by atoms with E-state index in [1.54, 1.807) is 18.2 Å². The molecule has 3 N–H and O–H groups in total. The second kappa shape index (κ2) is 5.23. The number of nitrogens with one attached hydrogen (secondary N) is 1. The van der Waals surface area contributed by atoms with E-state index < -0.39 is 11.1 Å². The van der Waals surface area contributed by atoms with Crippen LogP contribution in [0, 0.1) is 0 Å². The second-order valence-corrected chi connectivity index (χ2v) is 4.70. The first kappa shape index (κ1) is 13.3. The van der Waals surface area contributed by atoms with Crippen molar-refractivity contribution in [3.63, 3.8) is 0 Å². The second-order valence-electron chi connectivity index (χ2n) is 3.69. The molecule has 2 rings (SSSR count). The summed E-state index contributed by atoms with van der Waals surface area (Å²) in [5, 5.41) is 1.78. The van der Waals surface area contributed by atoms with E-state index in [0.29, 0.717) is 27.7 Å². The van der Waals surface area contributed by atoms with Gasteiger partial charge < -0.3 is 15.2 Å². The monoisotopic (exact) mass is 280 g/mol. The third-order valence-corrected chi connectivity index (χ3v) is 3.33. The Morgan fingerprint density at radius 3 is 2.37 bits per heavy atom. The molecule has 100 valence electrons. The molecule has 0 unspecified atom stereocenters. The summed E-state index contributed by atoms with van der Waals surface area (Å²) in [7, 11) is 3.01. The molecule has 19 heavy (non-hydrogen) atoms. The number of amides is 2. The Hall–Kier alpha value is -2.15. The molecule has 0 saturated carbocycles. The maximum atomic E-state index is 11.5. The van der Waals surface area contributed by atoms with Crippen LogP contribution in [0.3, 0.4) is 0 Å². The highest BCUT2D eigenvalue weighted by Gasteiger charge is 2.25. The number of anilines is 1. The Kier molecular flexibility index (Phi) is 3.66. The third-order valence-electron chi connectivity index (χ3n) is 2.52. The first-order valence-corrected chi connectivity index (χ1v) is 6.13. The van der Waals surface area contributed by atoms with Gasteiger partial charge in [0.15, 0.2) is 11.5 Å². The van der Waals surface area contributed by atoms with Crippen LogP contribution in [-0.4, -0.2) is 25.4 Å². The first-order valence-electron chi connectivity index (χ1n) is 5.31. The summed E-state index contributed by atoms with van der Waals surface area (Å²) in [4.78, 5) is 22.8. The minimum Gasteiger partial charge on any atom is -0.493 e. The Bertz CT molecular complexity index is 583. The number of nitrogen functional groups attached to an aromatic ring is 1. The molecule has 1 aromatic rings. The van der Waals surface area contributed by atoms with Crippen molar-refractivity contribution in [2.24, 2.45) is 0 Å². The molecule has 0 spiro atoms. The number of ether oxygens (including phenoxy) is 2. The summed E-state index contributed by atoms with van der Waals surface area (Å²) in [6.45, 7) is 0. The van der Waals surface area contributed by atoms with Crippen molar-refractivity contribution in [2.75, 3.05) is 20.0 Å². The van der Waals surface area contributed by atoms with Crippen LogP contribution in [0.2, 0.25) is 0 Å². The average molecular weight is 280 g/mol. The van der Waals surface area contributed by atoms with Crippen molar-refractivity contribution < 1.29 is 19.1 Å². The fourth-order valence-electron chi connectivity index (χ4n) is 1.60. The van der Waals surface area contributed by atoms with Crippen LogP contribution in [-0.2, 0) is 4.79 Å². The van der Waals surface area contributed by atoms with Crippen LogP contribution in [0.25, 0.3) is 6.08 Å². The highest BCUT2D eigenvalue weighted by Crippen LogP contribution is 2.34. The standard InChI is InChI=1S/C12H12N2O4S/c1-17-8-3-6(7(13)5-9(8)18-2)4-10-11(15)14-12(16)19-10/h3-5H,13H2,1-2H3,(H,14,15,16)/b10-4+. The SMILES string of the molecule is COc1cc(N)c(/C=C2/SC(=O)NC2=O)cc1OC. The van der Waals surface area contributed by atoms with Crippen molar-refractivity contribution in [2.45, 2.75) is 0 Å². The maximum Gasteiger partial charge on any atom is 0.290 e. The zero-order valence-electron chi connectivity index (χ0n) is 10.4. The number of nitrogens with two attached hydrogens (primary N) is 1. The van der Waals surface area contributed by atoms with E-state index in [1.165, 1.54) is 14.2 Å². The molecule has 1 saturated heterocycles. The van der Waals surface area contributed by atoms with Gasteiger partial charge in [0.2, 0.25) is 0 Å². The zero-order chi connectivity index (χ0) is 14.0. The van der Waals surface area contributed by atoms with Gasteiger partial charge in [0.1, 0.15) is 0 Å². The van der Waals surface area contributed by atoms with E-state index in [1.807, 2.05) is 0 Å². The normalized spacial score (nSPS) is 16.6. The molecule has 0 radical (unpaired) electrons. The molecule has 1 fully saturated rings. The van der Waals surface area contributed by atoms with Gasteiger partial charge in [0.25, 0.3) is 11.1 Å². The number of carbonyl (C=O) groups is 2. The van der Waals surface area contributed by atoms with E-state index in [2.05, 4.69) is 5.32 Å². The molecular formula is C12H12N2O4S. The van der Waals surface area contributed by atoms with Crippen molar-refractivity contribution in [3.8, 4) is 11.5 Å². The lowest BCUT2D eigenvalue weighted by Crippen LogP contribution is -2.17. The summed E-state index contributed by atoms with van der Waals surface area (Å²) >= 11 is 0.835. The Morgan fingerprint density at radius 1 is 1.21 bits per heavy atom. The van der Waals surface area contributed by atoms with Crippen molar-refractivity contribution in [1.29, 1.82) is 0 Å². The van der Waals surface area contributed by atoms with Gasteiger partial charge >= 0.3 is 0 Å². The Balaban J connectivity index is 2.43. The molecular weight excluding hydrogens is 268 g/mol. The minimum absolute atomic E-state index is 0.295. The van der Waals surface area contributed by atoms with Gasteiger partial charge in [0, 0.05) is 17.3 Å². The molecule has 0 bridgehead atoms. The summed E-state index contributed by atoms with van der Waals surface area (Å²) in [5.41, 5.74) is 6.89. The van der Waals surface area contributed by atoms with Gasteiger partial charge in [0.05, 0.1) is 19.1 Å². The van der Waals surface area contributed by atoms with Crippen molar-refractivity contribution in [3.05, 3.63) is 22.6 Å². The smallest absolute Gasteiger partial charge is 0.290 e. The number of methoxy groups -OCH3 is 2. The van der Waals surface area contributed by atoms with Gasteiger partial charge in [-0.2, -0.15) is 0 Å². The van der Waals surface area contributed by atoms with Gasteiger partial charge in [-0.15, -0.1) is 0 Å². The maximum absolute atomic E-state index is 11.5. The molecule has 1 heterocycles. The predicted molar refractivity (Wildman–Crippen MR) is 73.1 cm³/mol. The van der Waals surface area contributed by atoms with Gasteiger partial charge in [-0.05, 0) is 23.9 Å². The number of imide groups is 1. The van der Waals surface area contributed by atoms with Crippen molar-refractivity contribution in [1.82, 2.24) is 5.32 Å². The molecule has 2 amide bonds. The number of rotatable bonds is 3. The first-order chi connectivity index (χ1) is 9.05. The largest absolute Gasteiger partial charge is 0.493 e. The van der Waals surface area contributed by atoms with Gasteiger partial charge in [-0.3, -0.25) is 14.9 Å². The lowest BCUT2D eigenvalue weighted by Gasteiger charge is -2.10. The average Bonchev–Trinajstić information content (AvgIpc) is 2.69. The van der Waals surface area contributed by atoms with Gasteiger partial charge in [-0.1, -0.05) is 0 Å². The van der Waals surface area contributed by atoms with Crippen molar-refractivity contribution >= 4 is 34.7 Å². The number of thioether (sulfide) groups is 1. The molecule has 0 atom stereocenters. The lowest BCUT2D eigenvalue weighted by atomic mass is 10.1. The number of carbonyl (C=O) groups excluding carboxylic acids is 2. The number of hydrogen-bond acceptors (Lipinski definition) is 6. The van der Waals surface area contributed by atoms with Crippen LogP contribution in [0.15, 0.2) is 17.0 Å². The van der Waals surface area contributed by atoms with Gasteiger partial charge in [-0.25, -0.2) is 0 Å². The number of benzene rings is 1. The van der Waals surface area contributed by atoms with Crippen LogP contribution in [0.4, 0.5) is 10.5 Å². The van der Waals surface area contributed by atoms with E-state index in [4.69, 9.17) is 15.2 Å². The quantitative estimate of drug-likeness (QED) is 0.645. The lowest BCUT2D eigenvalue weighted by molar-refractivity contribution is -0.115. The molecule has 1 aromatic carbocycles. The van der Waals surface area contributed by atoms with E-state index in [0.717, 1.165) is 11.8 Å². The van der Waals surface area contributed by atoms with E-state index >= 15 is 0 Å². The summed E-state index contributed by atoms with van der Waals surface area (Å²) in [6, 6.07) is 3.25. The number of hydrogen-bond donors (Lipinski definition) is 2. The Labute approximate surface area is 113 Å². The molecule has 0 aromatic heterocycles. The van der Waals surface area contributed by atoms with Crippen LogP contribution >= 0.6 is 11.8 Å². The summed E-state index contributed by atoms with van der Waals surface area (Å²) < 4.78 is 10.3. The fraction of sp³-hybridized carbons (Fsp3) is 0.167. The fourth-order valence-corrected chi connectivity index (χ4v) is 2.27. The molecule has 7 heteroatoms. The molecule has 0 aliphatic carbocycles.